The number of aromatic nitrogens is 1. The number of thiazole rings is 1. The minimum absolute atomic E-state index is 0. The molecule has 1 aromatic rings. The number of nitrogens with zero attached hydrogens (tertiary/aromatic N) is 4. The van der Waals surface area contributed by atoms with Crippen molar-refractivity contribution in [2.75, 3.05) is 44.2 Å². The first-order valence-electron chi connectivity index (χ1n) is 8.42. The average Bonchev–Trinajstić information content (AvgIpc) is 3.08. The van der Waals surface area contributed by atoms with Crippen LogP contribution >= 0.6 is 35.3 Å². The van der Waals surface area contributed by atoms with E-state index in [1.807, 2.05) is 18.5 Å². The zero-order chi connectivity index (χ0) is 16.7. The molecule has 6 nitrogen and oxygen atoms in total. The smallest absolute Gasteiger partial charge is 0.191 e. The highest BCUT2D eigenvalue weighted by molar-refractivity contribution is 14.0. The molecule has 2 rings (SSSR count). The third-order valence-corrected chi connectivity index (χ3v) is 4.94. The molecule has 1 aromatic heterocycles. The molecule has 0 spiro atoms. The SMILES string of the molecule is CCOC(CCN=C(N)N1CCN(c2nccs2)CC1)C(C)C.I. The van der Waals surface area contributed by atoms with Gasteiger partial charge in [0.25, 0.3) is 0 Å². The first-order chi connectivity index (χ1) is 11.1. The van der Waals surface area contributed by atoms with Crippen LogP contribution in [-0.4, -0.2) is 61.3 Å². The third kappa shape index (κ3) is 6.36. The Morgan fingerprint density at radius 2 is 2.08 bits per heavy atom. The van der Waals surface area contributed by atoms with Gasteiger partial charge in [-0.15, -0.1) is 35.3 Å². The standard InChI is InChI=1S/C16H29N5OS.HI/c1-4-22-14(13(2)3)5-6-18-15(17)20-8-10-21(11-9-20)16-19-7-12-23-16;/h7,12-14H,4-6,8-11H2,1-3H3,(H2,17,18);1H. The molecular weight excluding hydrogens is 437 g/mol. The van der Waals surface area contributed by atoms with Crippen molar-refractivity contribution in [1.82, 2.24) is 9.88 Å². The van der Waals surface area contributed by atoms with E-state index < -0.39 is 0 Å². The number of anilines is 1. The maximum absolute atomic E-state index is 6.15. The molecule has 24 heavy (non-hydrogen) atoms. The number of ether oxygens (including phenoxy) is 1. The maximum Gasteiger partial charge on any atom is 0.191 e. The molecule has 0 amide bonds. The summed E-state index contributed by atoms with van der Waals surface area (Å²) in [4.78, 5) is 13.4. The van der Waals surface area contributed by atoms with E-state index in [9.17, 15) is 0 Å². The molecule has 138 valence electrons. The Morgan fingerprint density at radius 3 is 2.62 bits per heavy atom. The van der Waals surface area contributed by atoms with Gasteiger partial charge in [-0.05, 0) is 19.3 Å². The number of nitrogens with two attached hydrogens (primary N) is 1. The Kier molecular flexibility index (Phi) is 9.91. The van der Waals surface area contributed by atoms with Crippen LogP contribution in [0, 0.1) is 5.92 Å². The molecule has 1 aliphatic rings. The van der Waals surface area contributed by atoms with Gasteiger partial charge in [-0.1, -0.05) is 13.8 Å². The van der Waals surface area contributed by atoms with Crippen molar-refractivity contribution < 1.29 is 4.74 Å². The van der Waals surface area contributed by atoms with E-state index in [1.165, 1.54) is 0 Å². The highest BCUT2D eigenvalue weighted by Crippen LogP contribution is 2.18. The quantitative estimate of drug-likeness (QED) is 0.380. The lowest BCUT2D eigenvalue weighted by molar-refractivity contribution is 0.0266. The summed E-state index contributed by atoms with van der Waals surface area (Å²) in [6.07, 6.45) is 3.04. The van der Waals surface area contributed by atoms with Gasteiger partial charge in [-0.2, -0.15) is 0 Å². The molecule has 1 fully saturated rings. The van der Waals surface area contributed by atoms with Crippen LogP contribution in [0.5, 0.6) is 0 Å². The van der Waals surface area contributed by atoms with E-state index >= 15 is 0 Å². The van der Waals surface area contributed by atoms with E-state index in [0.717, 1.165) is 50.9 Å². The summed E-state index contributed by atoms with van der Waals surface area (Å²) in [5, 5.41) is 3.11. The fourth-order valence-corrected chi connectivity index (χ4v) is 3.43. The number of hydrogen-bond donors (Lipinski definition) is 1. The molecule has 1 saturated heterocycles. The van der Waals surface area contributed by atoms with Crippen molar-refractivity contribution in [2.24, 2.45) is 16.6 Å². The Bertz CT molecular complexity index is 475. The van der Waals surface area contributed by atoms with Crippen LogP contribution in [0.4, 0.5) is 5.13 Å². The van der Waals surface area contributed by atoms with Gasteiger partial charge in [0.1, 0.15) is 0 Å². The van der Waals surface area contributed by atoms with Gasteiger partial charge in [-0.25, -0.2) is 4.98 Å². The average molecular weight is 467 g/mol. The second kappa shape index (κ2) is 11.1. The van der Waals surface area contributed by atoms with Gasteiger partial charge in [0.05, 0.1) is 6.10 Å². The second-order valence-electron chi connectivity index (χ2n) is 6.06. The predicted molar refractivity (Wildman–Crippen MR) is 113 cm³/mol. The number of rotatable bonds is 7. The van der Waals surface area contributed by atoms with Gasteiger partial charge in [0, 0.05) is 50.9 Å². The maximum atomic E-state index is 6.15. The first-order valence-corrected chi connectivity index (χ1v) is 9.30. The van der Waals surface area contributed by atoms with Crippen molar-refractivity contribution in [3.8, 4) is 0 Å². The van der Waals surface area contributed by atoms with E-state index in [4.69, 9.17) is 10.5 Å². The number of guanidine groups is 1. The lowest BCUT2D eigenvalue weighted by Gasteiger charge is -2.35. The fraction of sp³-hybridized carbons (Fsp3) is 0.750. The normalized spacial score (nSPS) is 17.1. The fourth-order valence-electron chi connectivity index (χ4n) is 2.73. The Morgan fingerprint density at radius 1 is 1.38 bits per heavy atom. The monoisotopic (exact) mass is 467 g/mol. The number of halogens is 1. The number of piperazine rings is 1. The van der Waals surface area contributed by atoms with Crippen LogP contribution in [0.25, 0.3) is 0 Å². The zero-order valence-corrected chi connectivity index (χ0v) is 18.0. The van der Waals surface area contributed by atoms with Crippen molar-refractivity contribution in [2.45, 2.75) is 33.3 Å². The summed E-state index contributed by atoms with van der Waals surface area (Å²) in [5.41, 5.74) is 6.15. The lowest BCUT2D eigenvalue weighted by atomic mass is 10.0. The van der Waals surface area contributed by atoms with Crippen LogP contribution in [0.15, 0.2) is 16.6 Å². The molecule has 0 radical (unpaired) electrons. The largest absolute Gasteiger partial charge is 0.378 e. The molecule has 1 unspecified atom stereocenters. The van der Waals surface area contributed by atoms with Crippen LogP contribution in [0.1, 0.15) is 27.2 Å². The highest BCUT2D eigenvalue weighted by atomic mass is 127. The van der Waals surface area contributed by atoms with E-state index in [-0.39, 0.29) is 30.1 Å². The third-order valence-electron chi connectivity index (χ3n) is 4.11. The summed E-state index contributed by atoms with van der Waals surface area (Å²) >= 11 is 1.68. The van der Waals surface area contributed by atoms with Gasteiger partial charge >= 0.3 is 0 Å². The van der Waals surface area contributed by atoms with E-state index in [0.29, 0.717) is 11.9 Å². The molecule has 0 saturated carbocycles. The minimum Gasteiger partial charge on any atom is -0.378 e. The molecule has 0 bridgehead atoms. The summed E-state index contributed by atoms with van der Waals surface area (Å²) in [6.45, 7) is 11.6. The molecule has 2 N–H and O–H groups in total. The second-order valence-corrected chi connectivity index (χ2v) is 6.93. The highest BCUT2D eigenvalue weighted by Gasteiger charge is 2.20. The van der Waals surface area contributed by atoms with Crippen molar-refractivity contribution in [3.05, 3.63) is 11.6 Å². The summed E-state index contributed by atoms with van der Waals surface area (Å²) in [5.74, 6) is 1.16. The van der Waals surface area contributed by atoms with Crippen LogP contribution < -0.4 is 10.6 Å². The van der Waals surface area contributed by atoms with Gasteiger partial charge in [-0.3, -0.25) is 4.99 Å². The van der Waals surface area contributed by atoms with E-state index in [2.05, 4.69) is 33.6 Å². The summed E-state index contributed by atoms with van der Waals surface area (Å²) in [6, 6.07) is 0. The molecule has 0 aliphatic carbocycles. The Balaban J connectivity index is 0.00000288. The van der Waals surface area contributed by atoms with Gasteiger partial charge in [0.15, 0.2) is 11.1 Å². The van der Waals surface area contributed by atoms with Crippen LogP contribution in [0.2, 0.25) is 0 Å². The lowest BCUT2D eigenvalue weighted by Crippen LogP contribution is -2.51. The number of aliphatic imine (C=N–C) groups is 1. The predicted octanol–water partition coefficient (Wildman–Crippen LogP) is 2.65. The van der Waals surface area contributed by atoms with Crippen molar-refractivity contribution in [1.29, 1.82) is 0 Å². The van der Waals surface area contributed by atoms with Crippen molar-refractivity contribution in [3.63, 3.8) is 0 Å². The van der Waals surface area contributed by atoms with Crippen LogP contribution in [-0.2, 0) is 4.74 Å². The molecule has 0 aromatic carbocycles. The zero-order valence-electron chi connectivity index (χ0n) is 14.9. The molecule has 1 aliphatic heterocycles. The summed E-state index contributed by atoms with van der Waals surface area (Å²) in [7, 11) is 0. The summed E-state index contributed by atoms with van der Waals surface area (Å²) < 4.78 is 5.75. The van der Waals surface area contributed by atoms with Crippen molar-refractivity contribution >= 4 is 46.4 Å². The topological polar surface area (TPSA) is 67.0 Å². The molecule has 8 heteroatoms. The van der Waals surface area contributed by atoms with Gasteiger partial charge < -0.3 is 20.3 Å². The molecule has 1 atom stereocenters. The van der Waals surface area contributed by atoms with Gasteiger partial charge in [0.2, 0.25) is 0 Å². The molecule has 2 heterocycles. The van der Waals surface area contributed by atoms with E-state index in [1.54, 1.807) is 11.3 Å². The van der Waals surface area contributed by atoms with Crippen LogP contribution in [0.3, 0.4) is 0 Å². The number of hydrogen-bond acceptors (Lipinski definition) is 5. The minimum atomic E-state index is 0. The Hall–Kier alpha value is -0.610. The Labute approximate surface area is 166 Å². The molecular formula is C16H30IN5OS. The first kappa shape index (κ1) is 21.4.